The van der Waals surface area contributed by atoms with Crippen molar-refractivity contribution in [2.24, 2.45) is 0 Å². The average molecular weight is 332 g/mol. The summed E-state index contributed by atoms with van der Waals surface area (Å²) in [6.07, 6.45) is 4.20. The smallest absolute Gasteiger partial charge is 0.244 e. The van der Waals surface area contributed by atoms with Crippen LogP contribution in [0.25, 0.3) is 0 Å². The highest BCUT2D eigenvalue weighted by Gasteiger charge is 2.19. The summed E-state index contributed by atoms with van der Waals surface area (Å²) in [7, 11) is 0. The first-order valence-corrected chi connectivity index (χ1v) is 8.46. The van der Waals surface area contributed by atoms with Gasteiger partial charge in [0.2, 0.25) is 11.8 Å². The molecular weight excluding hydrogens is 308 g/mol. The third-order valence-corrected chi connectivity index (χ3v) is 4.31. The Morgan fingerprint density at radius 3 is 3.08 bits per heavy atom. The molecule has 1 unspecified atom stereocenters. The number of nitrogens with one attached hydrogen (secondary N) is 1. The molecule has 1 fully saturated rings. The van der Waals surface area contributed by atoms with Crippen LogP contribution in [0.3, 0.4) is 0 Å². The van der Waals surface area contributed by atoms with Gasteiger partial charge in [-0.1, -0.05) is 5.16 Å². The van der Waals surface area contributed by atoms with E-state index in [2.05, 4.69) is 20.6 Å². The summed E-state index contributed by atoms with van der Waals surface area (Å²) < 4.78 is 6.67. The highest BCUT2D eigenvalue weighted by atomic mass is 16.5. The van der Waals surface area contributed by atoms with Crippen LogP contribution in [0.4, 0.5) is 0 Å². The third-order valence-electron chi connectivity index (χ3n) is 4.31. The van der Waals surface area contributed by atoms with Crippen molar-refractivity contribution in [2.45, 2.75) is 45.7 Å². The molecule has 24 heavy (non-hydrogen) atoms. The van der Waals surface area contributed by atoms with Crippen LogP contribution in [-0.2, 0) is 17.9 Å². The summed E-state index contributed by atoms with van der Waals surface area (Å²) in [4.78, 5) is 18.4. The second-order valence-corrected chi connectivity index (χ2v) is 6.12. The lowest BCUT2D eigenvalue weighted by molar-refractivity contribution is -0.132. The van der Waals surface area contributed by atoms with Crippen LogP contribution in [0, 0.1) is 6.92 Å². The van der Waals surface area contributed by atoms with Crippen molar-refractivity contribution in [3.8, 4) is 0 Å². The summed E-state index contributed by atoms with van der Waals surface area (Å²) in [6.45, 7) is 6.89. The van der Waals surface area contributed by atoms with Crippen LogP contribution < -0.4 is 5.32 Å². The molecular formula is C16H24N6O2. The van der Waals surface area contributed by atoms with Crippen molar-refractivity contribution in [3.63, 3.8) is 0 Å². The molecule has 8 heteroatoms. The van der Waals surface area contributed by atoms with Crippen molar-refractivity contribution in [3.05, 3.63) is 29.7 Å². The number of likely N-dealkylation sites (N-methyl/N-ethyl adjacent to an activating group) is 1. The van der Waals surface area contributed by atoms with Gasteiger partial charge in [-0.3, -0.25) is 9.48 Å². The molecule has 2 aromatic rings. The Hall–Kier alpha value is -2.22. The zero-order valence-corrected chi connectivity index (χ0v) is 14.2. The Balaban J connectivity index is 1.59. The zero-order valence-electron chi connectivity index (χ0n) is 14.2. The van der Waals surface area contributed by atoms with E-state index in [0.717, 1.165) is 25.2 Å². The molecule has 3 rings (SSSR count). The predicted molar refractivity (Wildman–Crippen MR) is 87.2 cm³/mol. The molecule has 1 atom stereocenters. The molecule has 0 aromatic carbocycles. The number of piperidine rings is 1. The molecule has 8 nitrogen and oxygen atoms in total. The van der Waals surface area contributed by atoms with Crippen molar-refractivity contribution in [1.82, 2.24) is 30.1 Å². The number of nitrogens with zero attached hydrogens (tertiary/aromatic N) is 5. The molecule has 1 aliphatic rings. The average Bonchev–Trinajstić information content (AvgIpc) is 3.22. The van der Waals surface area contributed by atoms with Gasteiger partial charge in [-0.2, -0.15) is 10.1 Å². The second-order valence-electron chi connectivity index (χ2n) is 6.12. The van der Waals surface area contributed by atoms with Crippen LogP contribution in [0.2, 0.25) is 0 Å². The van der Waals surface area contributed by atoms with E-state index in [1.54, 1.807) is 16.5 Å². The maximum atomic E-state index is 12.5. The molecule has 0 saturated carbocycles. The summed E-state index contributed by atoms with van der Waals surface area (Å²) >= 11 is 0. The highest BCUT2D eigenvalue weighted by Crippen LogP contribution is 2.21. The van der Waals surface area contributed by atoms with E-state index in [0.29, 0.717) is 30.7 Å². The Kier molecular flexibility index (Phi) is 5.24. The Bertz CT molecular complexity index is 674. The normalized spacial score (nSPS) is 17.8. The van der Waals surface area contributed by atoms with Crippen molar-refractivity contribution < 1.29 is 9.32 Å². The minimum Gasteiger partial charge on any atom is -0.340 e. The van der Waals surface area contributed by atoms with Crippen LogP contribution in [0.1, 0.15) is 43.1 Å². The number of carbonyl (C=O) groups excluding carboxylic acids is 1. The lowest BCUT2D eigenvalue weighted by Gasteiger charge is -2.21. The van der Waals surface area contributed by atoms with Gasteiger partial charge in [0.1, 0.15) is 6.54 Å². The maximum Gasteiger partial charge on any atom is 0.244 e. The molecule has 0 aliphatic carbocycles. The number of aryl methyl sites for hydroxylation is 1. The predicted octanol–water partition coefficient (Wildman–Crippen LogP) is 1.09. The number of hydrogen-bond acceptors (Lipinski definition) is 6. The van der Waals surface area contributed by atoms with Crippen LogP contribution in [0.5, 0.6) is 0 Å². The van der Waals surface area contributed by atoms with Gasteiger partial charge in [-0.15, -0.1) is 0 Å². The maximum absolute atomic E-state index is 12.5. The first kappa shape index (κ1) is 16.6. The fraction of sp³-hybridized carbons (Fsp3) is 0.625. The van der Waals surface area contributed by atoms with Gasteiger partial charge >= 0.3 is 0 Å². The summed E-state index contributed by atoms with van der Waals surface area (Å²) in [6, 6.07) is 2.02. The van der Waals surface area contributed by atoms with E-state index in [-0.39, 0.29) is 12.5 Å². The Morgan fingerprint density at radius 2 is 2.42 bits per heavy atom. The number of hydrogen-bond donors (Lipinski definition) is 1. The molecule has 0 bridgehead atoms. The first-order valence-electron chi connectivity index (χ1n) is 8.46. The van der Waals surface area contributed by atoms with E-state index in [9.17, 15) is 4.79 Å². The molecule has 1 amide bonds. The lowest BCUT2D eigenvalue weighted by Crippen LogP contribution is -2.34. The van der Waals surface area contributed by atoms with Crippen LogP contribution >= 0.6 is 0 Å². The zero-order chi connectivity index (χ0) is 16.9. The number of carbonyl (C=O) groups is 1. The van der Waals surface area contributed by atoms with Crippen molar-refractivity contribution in [1.29, 1.82) is 0 Å². The quantitative estimate of drug-likeness (QED) is 0.852. The summed E-state index contributed by atoms with van der Waals surface area (Å²) in [5, 5.41) is 11.8. The number of aromatic nitrogens is 4. The molecule has 2 aromatic heterocycles. The number of rotatable bonds is 6. The molecule has 1 saturated heterocycles. The molecule has 3 heterocycles. The van der Waals surface area contributed by atoms with Crippen LogP contribution in [-0.4, -0.2) is 50.4 Å². The fourth-order valence-corrected chi connectivity index (χ4v) is 2.98. The van der Waals surface area contributed by atoms with Gasteiger partial charge in [-0.05, 0) is 32.4 Å². The first-order chi connectivity index (χ1) is 11.7. The standard InChI is InChI=1S/C16H24N6O2/c1-3-21(10-15-18-12(2)24-20-15)16(23)11-22-8-6-14(19-22)13-5-4-7-17-9-13/h6,8,13,17H,3-5,7,9-11H2,1-2H3. The minimum atomic E-state index is -0.00336. The SMILES string of the molecule is CCN(Cc1noc(C)n1)C(=O)Cn1ccc(C2CCCNC2)n1. The van der Waals surface area contributed by atoms with Crippen LogP contribution in [0.15, 0.2) is 16.8 Å². The highest BCUT2D eigenvalue weighted by molar-refractivity contribution is 5.75. The van der Waals surface area contributed by atoms with E-state index >= 15 is 0 Å². The molecule has 1 N–H and O–H groups in total. The molecule has 0 spiro atoms. The largest absolute Gasteiger partial charge is 0.340 e. The topological polar surface area (TPSA) is 89.1 Å². The van der Waals surface area contributed by atoms with Gasteiger partial charge in [0.05, 0.1) is 12.2 Å². The number of amides is 1. The lowest BCUT2D eigenvalue weighted by atomic mass is 9.97. The van der Waals surface area contributed by atoms with E-state index in [4.69, 9.17) is 4.52 Å². The van der Waals surface area contributed by atoms with Gasteiger partial charge in [0.25, 0.3) is 0 Å². The summed E-state index contributed by atoms with van der Waals surface area (Å²) in [5.41, 5.74) is 1.06. The summed E-state index contributed by atoms with van der Waals surface area (Å²) in [5.74, 6) is 1.47. The van der Waals surface area contributed by atoms with E-state index in [1.807, 2.05) is 19.2 Å². The minimum absolute atomic E-state index is 0.00336. The van der Waals surface area contributed by atoms with Crippen molar-refractivity contribution in [2.75, 3.05) is 19.6 Å². The van der Waals surface area contributed by atoms with Crippen molar-refractivity contribution >= 4 is 5.91 Å². The second kappa shape index (κ2) is 7.57. The molecule has 130 valence electrons. The van der Waals surface area contributed by atoms with Gasteiger partial charge in [-0.25, -0.2) is 0 Å². The van der Waals surface area contributed by atoms with Gasteiger partial charge in [0, 0.05) is 32.1 Å². The monoisotopic (exact) mass is 332 g/mol. The molecule has 1 aliphatic heterocycles. The van der Waals surface area contributed by atoms with E-state index < -0.39 is 0 Å². The van der Waals surface area contributed by atoms with Gasteiger partial charge < -0.3 is 14.7 Å². The van der Waals surface area contributed by atoms with E-state index in [1.165, 1.54) is 6.42 Å². The third kappa shape index (κ3) is 4.00. The fourth-order valence-electron chi connectivity index (χ4n) is 2.98. The molecule has 0 radical (unpaired) electrons. The Labute approximate surface area is 141 Å². The Morgan fingerprint density at radius 1 is 1.54 bits per heavy atom. The van der Waals surface area contributed by atoms with Gasteiger partial charge in [0.15, 0.2) is 5.82 Å².